The number of hydrogen-bond donors (Lipinski definition) is 0. The van der Waals surface area contributed by atoms with Crippen LogP contribution < -0.4 is 0 Å². The number of nitro groups is 1. The maximum absolute atomic E-state index is 12.5. The van der Waals surface area contributed by atoms with Crippen LogP contribution in [-0.2, 0) is 4.74 Å². The lowest BCUT2D eigenvalue weighted by Gasteiger charge is -2.14. The van der Waals surface area contributed by atoms with Gasteiger partial charge in [-0.2, -0.15) is 8.78 Å². The van der Waals surface area contributed by atoms with E-state index in [1.807, 2.05) is 0 Å². The topological polar surface area (TPSA) is 69.4 Å². The van der Waals surface area contributed by atoms with E-state index < -0.39 is 41.1 Å². The summed E-state index contributed by atoms with van der Waals surface area (Å²) in [6, 6.07) is 4.43. The van der Waals surface area contributed by atoms with Crippen LogP contribution in [0.25, 0.3) is 0 Å². The van der Waals surface area contributed by atoms with Crippen LogP contribution in [0, 0.1) is 10.1 Å². The Morgan fingerprint density at radius 1 is 1.37 bits per heavy atom. The van der Waals surface area contributed by atoms with Crippen molar-refractivity contribution in [2.45, 2.75) is 12.3 Å². The van der Waals surface area contributed by atoms with Gasteiger partial charge in [0, 0.05) is 6.07 Å². The monoisotopic (exact) mass is 281 g/mol. The minimum Gasteiger partial charge on any atom is -0.455 e. The van der Waals surface area contributed by atoms with Crippen LogP contribution in [0.5, 0.6) is 0 Å². The van der Waals surface area contributed by atoms with E-state index in [9.17, 15) is 32.5 Å². The van der Waals surface area contributed by atoms with Gasteiger partial charge in [0.15, 0.2) is 6.61 Å². The third kappa shape index (κ3) is 3.63. The molecule has 0 aliphatic carbocycles. The summed E-state index contributed by atoms with van der Waals surface area (Å²) in [5.74, 6) is -5.97. The molecule has 0 saturated carbocycles. The number of hydrogen-bond acceptors (Lipinski definition) is 4. The lowest BCUT2D eigenvalue weighted by atomic mass is 10.2. The quantitative estimate of drug-likeness (QED) is 0.360. The van der Waals surface area contributed by atoms with Crippen molar-refractivity contribution in [2.75, 3.05) is 6.61 Å². The molecule has 0 aromatic heterocycles. The van der Waals surface area contributed by atoms with E-state index in [0.717, 1.165) is 12.1 Å². The van der Waals surface area contributed by atoms with E-state index >= 15 is 0 Å². The number of rotatable bonds is 5. The first-order valence-electron chi connectivity index (χ1n) is 4.82. The second-order valence-corrected chi connectivity index (χ2v) is 3.41. The van der Waals surface area contributed by atoms with E-state index in [4.69, 9.17) is 0 Å². The Morgan fingerprint density at radius 3 is 2.47 bits per heavy atom. The summed E-state index contributed by atoms with van der Waals surface area (Å²) in [5.41, 5.74) is -1.24. The first-order valence-corrected chi connectivity index (χ1v) is 4.82. The number of nitro benzene ring substituents is 1. The Bertz CT molecular complexity index is 492. The molecule has 0 radical (unpaired) electrons. The highest BCUT2D eigenvalue weighted by Crippen LogP contribution is 2.24. The van der Waals surface area contributed by atoms with Crippen LogP contribution in [-0.4, -0.2) is 29.8 Å². The zero-order valence-electron chi connectivity index (χ0n) is 9.19. The second-order valence-electron chi connectivity index (χ2n) is 3.41. The number of ether oxygens (including phenoxy) is 1. The highest BCUT2D eigenvalue weighted by molar-refractivity contribution is 5.93. The largest absolute Gasteiger partial charge is 0.455 e. The third-order valence-electron chi connectivity index (χ3n) is 2.04. The number of carbonyl (C=O) groups is 1. The van der Waals surface area contributed by atoms with Crippen molar-refractivity contribution in [1.29, 1.82) is 0 Å². The zero-order chi connectivity index (χ0) is 14.6. The number of carbonyl (C=O) groups excluding carboxylic acids is 1. The van der Waals surface area contributed by atoms with Gasteiger partial charge in [0.2, 0.25) is 0 Å². The molecule has 0 spiro atoms. The highest BCUT2D eigenvalue weighted by Gasteiger charge is 2.42. The molecule has 19 heavy (non-hydrogen) atoms. The molecule has 0 aliphatic heterocycles. The standard InChI is InChI=1S/C10H7F4NO4/c11-9(12)10(13,14)5-19-8(16)6-3-1-2-4-7(6)15(17)18/h1-4,9H,5H2. The minimum absolute atomic E-state index is 0.586. The van der Waals surface area contributed by atoms with Crippen LogP contribution in [0.4, 0.5) is 23.2 Å². The Morgan fingerprint density at radius 2 is 1.95 bits per heavy atom. The summed E-state index contributed by atoms with van der Waals surface area (Å²) in [6.07, 6.45) is -3.99. The zero-order valence-corrected chi connectivity index (χ0v) is 9.19. The van der Waals surface area contributed by atoms with E-state index in [-0.39, 0.29) is 0 Å². The summed E-state index contributed by atoms with van der Waals surface area (Å²) < 4.78 is 52.7. The average molecular weight is 281 g/mol. The SMILES string of the molecule is O=C(OCC(F)(F)C(F)F)c1ccccc1[N+](=O)[O-]. The molecule has 0 aliphatic rings. The molecule has 1 rings (SSSR count). The van der Waals surface area contributed by atoms with Crippen LogP contribution in [0.3, 0.4) is 0 Å². The summed E-state index contributed by atoms with van der Waals surface area (Å²) in [5, 5.41) is 10.6. The Hall–Kier alpha value is -2.19. The summed E-state index contributed by atoms with van der Waals surface area (Å²) in [4.78, 5) is 21.0. The van der Waals surface area contributed by atoms with Crippen LogP contribution in [0.15, 0.2) is 24.3 Å². The molecule has 0 unspecified atom stereocenters. The highest BCUT2D eigenvalue weighted by atomic mass is 19.3. The average Bonchev–Trinajstić information content (AvgIpc) is 2.35. The molecule has 0 atom stereocenters. The van der Waals surface area contributed by atoms with Crippen molar-refractivity contribution in [3.05, 3.63) is 39.9 Å². The smallest absolute Gasteiger partial charge is 0.345 e. The molecule has 104 valence electrons. The molecule has 0 saturated heterocycles. The van der Waals surface area contributed by atoms with Gasteiger partial charge in [0.05, 0.1) is 4.92 Å². The van der Waals surface area contributed by atoms with Gasteiger partial charge < -0.3 is 4.74 Å². The Balaban J connectivity index is 2.83. The maximum atomic E-state index is 12.5. The molecule has 0 bridgehead atoms. The Kier molecular flexibility index (Phi) is 4.41. The van der Waals surface area contributed by atoms with E-state index in [0.29, 0.717) is 0 Å². The molecule has 0 fully saturated rings. The van der Waals surface area contributed by atoms with E-state index in [1.54, 1.807) is 0 Å². The third-order valence-corrected chi connectivity index (χ3v) is 2.04. The van der Waals surface area contributed by atoms with Crippen LogP contribution in [0.1, 0.15) is 10.4 Å². The predicted octanol–water partition coefficient (Wildman–Crippen LogP) is 2.65. The van der Waals surface area contributed by atoms with Crippen molar-refractivity contribution in [3.63, 3.8) is 0 Å². The number of halogens is 4. The molecular formula is C10H7F4NO4. The van der Waals surface area contributed by atoms with Gasteiger partial charge in [-0.3, -0.25) is 10.1 Å². The van der Waals surface area contributed by atoms with Crippen molar-refractivity contribution in [3.8, 4) is 0 Å². The fourth-order valence-electron chi connectivity index (χ4n) is 1.11. The first-order chi connectivity index (χ1) is 8.75. The van der Waals surface area contributed by atoms with Crippen molar-refractivity contribution >= 4 is 11.7 Å². The second kappa shape index (κ2) is 5.63. The van der Waals surface area contributed by atoms with Gasteiger partial charge >= 0.3 is 18.3 Å². The van der Waals surface area contributed by atoms with Crippen LogP contribution >= 0.6 is 0 Å². The van der Waals surface area contributed by atoms with Crippen LogP contribution in [0.2, 0.25) is 0 Å². The lowest BCUT2D eigenvalue weighted by molar-refractivity contribution is -0.385. The van der Waals surface area contributed by atoms with Gasteiger partial charge in [0.25, 0.3) is 5.69 Å². The van der Waals surface area contributed by atoms with Crippen molar-refractivity contribution in [2.24, 2.45) is 0 Å². The molecule has 5 nitrogen and oxygen atoms in total. The lowest BCUT2D eigenvalue weighted by Crippen LogP contribution is -2.33. The number of nitrogens with zero attached hydrogens (tertiary/aromatic N) is 1. The van der Waals surface area contributed by atoms with E-state index in [1.165, 1.54) is 12.1 Å². The molecule has 9 heteroatoms. The number of alkyl halides is 4. The first kappa shape index (κ1) is 14.9. The van der Waals surface area contributed by atoms with E-state index in [2.05, 4.69) is 4.74 Å². The van der Waals surface area contributed by atoms with Crippen molar-refractivity contribution < 1.29 is 32.0 Å². The normalized spacial score (nSPS) is 11.4. The van der Waals surface area contributed by atoms with Crippen molar-refractivity contribution in [1.82, 2.24) is 0 Å². The maximum Gasteiger partial charge on any atom is 0.345 e. The minimum atomic E-state index is -4.50. The van der Waals surface area contributed by atoms with Gasteiger partial charge in [-0.05, 0) is 6.07 Å². The molecular weight excluding hydrogens is 274 g/mol. The van der Waals surface area contributed by atoms with Gasteiger partial charge in [0.1, 0.15) is 5.56 Å². The molecule has 0 N–H and O–H groups in total. The fraction of sp³-hybridized carbons (Fsp3) is 0.300. The summed E-state index contributed by atoms with van der Waals surface area (Å²) in [7, 11) is 0. The van der Waals surface area contributed by atoms with Gasteiger partial charge in [-0.1, -0.05) is 12.1 Å². The molecule has 0 amide bonds. The molecule has 1 aromatic carbocycles. The van der Waals surface area contributed by atoms with Gasteiger partial charge in [-0.15, -0.1) is 0 Å². The predicted molar refractivity (Wildman–Crippen MR) is 54.3 cm³/mol. The molecule has 0 heterocycles. The Labute approximate surface area is 103 Å². The summed E-state index contributed by atoms with van der Waals surface area (Å²) >= 11 is 0. The summed E-state index contributed by atoms with van der Waals surface area (Å²) in [6.45, 7) is -1.85. The number of benzene rings is 1. The number of esters is 1. The molecule has 1 aromatic rings. The number of para-hydroxylation sites is 1. The fourth-order valence-corrected chi connectivity index (χ4v) is 1.11. The van der Waals surface area contributed by atoms with Gasteiger partial charge in [-0.25, -0.2) is 13.6 Å².